The van der Waals surface area contributed by atoms with Gasteiger partial charge in [0.15, 0.2) is 0 Å². The second-order valence-corrected chi connectivity index (χ2v) is 7.38. The number of piperidine rings is 1. The molecule has 6 heteroatoms. The average Bonchev–Trinajstić information content (AvgIpc) is 2.64. The lowest BCUT2D eigenvalue weighted by Gasteiger charge is -2.32. The molecule has 0 spiro atoms. The molecule has 0 aliphatic carbocycles. The van der Waals surface area contributed by atoms with Crippen LogP contribution >= 0.6 is 11.6 Å². The van der Waals surface area contributed by atoms with Gasteiger partial charge >= 0.3 is 0 Å². The first-order valence-electron chi connectivity index (χ1n) is 8.98. The Morgan fingerprint density at radius 3 is 2.67 bits per heavy atom. The number of likely N-dealkylation sites (tertiary alicyclic amines) is 1. The zero-order chi connectivity index (χ0) is 19.6. The Bertz CT molecular complexity index is 864. The molecule has 3 rings (SSSR count). The molecule has 1 aliphatic heterocycles. The number of amides is 2. The summed E-state index contributed by atoms with van der Waals surface area (Å²) < 4.78 is 14.1. The Hall–Kier alpha value is -2.40. The maximum Gasteiger partial charge on any atom is 0.257 e. The lowest BCUT2D eigenvalue weighted by Crippen LogP contribution is -2.44. The molecule has 0 saturated carbocycles. The molecule has 0 bridgehead atoms. The lowest BCUT2D eigenvalue weighted by atomic mass is 9.95. The molecule has 1 saturated heterocycles. The number of benzene rings is 2. The Morgan fingerprint density at radius 1 is 1.19 bits per heavy atom. The van der Waals surface area contributed by atoms with E-state index in [4.69, 9.17) is 11.6 Å². The van der Waals surface area contributed by atoms with Crippen LogP contribution in [0.15, 0.2) is 36.4 Å². The monoisotopic (exact) mass is 388 g/mol. The van der Waals surface area contributed by atoms with E-state index in [1.165, 1.54) is 6.07 Å². The molecular formula is C21H22ClFN2O2. The van der Waals surface area contributed by atoms with Gasteiger partial charge in [0.05, 0.1) is 11.5 Å². The Labute approximate surface area is 163 Å². The number of carbonyl (C=O) groups is 2. The number of nitrogens with one attached hydrogen (secondary N) is 1. The summed E-state index contributed by atoms with van der Waals surface area (Å²) in [6.45, 7) is 4.40. The minimum atomic E-state index is -0.527. The predicted octanol–water partition coefficient (Wildman–Crippen LogP) is 4.59. The zero-order valence-electron chi connectivity index (χ0n) is 15.4. The summed E-state index contributed by atoms with van der Waals surface area (Å²) in [7, 11) is 0. The lowest BCUT2D eigenvalue weighted by molar-refractivity contribution is -0.121. The van der Waals surface area contributed by atoms with Gasteiger partial charge in [-0.3, -0.25) is 9.59 Å². The van der Waals surface area contributed by atoms with Crippen LogP contribution in [0.5, 0.6) is 0 Å². The first kappa shape index (κ1) is 19.4. The van der Waals surface area contributed by atoms with Crippen molar-refractivity contribution in [2.45, 2.75) is 26.7 Å². The third kappa shape index (κ3) is 4.30. The largest absolute Gasteiger partial charge is 0.338 e. The van der Waals surface area contributed by atoms with Gasteiger partial charge < -0.3 is 10.2 Å². The smallest absolute Gasteiger partial charge is 0.257 e. The maximum absolute atomic E-state index is 14.1. The van der Waals surface area contributed by atoms with Gasteiger partial charge in [-0.15, -0.1) is 0 Å². The minimum Gasteiger partial charge on any atom is -0.338 e. The van der Waals surface area contributed by atoms with E-state index >= 15 is 0 Å². The summed E-state index contributed by atoms with van der Waals surface area (Å²) in [5.74, 6) is -1.38. The second-order valence-electron chi connectivity index (χ2n) is 6.98. The van der Waals surface area contributed by atoms with Crippen LogP contribution in [0.4, 0.5) is 10.1 Å². The number of nitrogens with zero attached hydrogens (tertiary/aromatic N) is 1. The highest BCUT2D eigenvalue weighted by Crippen LogP contribution is 2.24. The topological polar surface area (TPSA) is 49.4 Å². The number of aryl methyl sites for hydroxylation is 2. The van der Waals surface area contributed by atoms with Crippen LogP contribution in [0, 0.1) is 25.6 Å². The standard InChI is InChI=1S/C21H22ClFN2O2/c1-13-8-9-16(11-17(13)22)24-20(26)15-6-4-10-25(12-15)21(27)19-14(2)5-3-7-18(19)23/h3,5,7-9,11,15H,4,6,10,12H2,1-2H3,(H,24,26)/t15-/m0/s1. The molecule has 2 aromatic rings. The summed E-state index contributed by atoms with van der Waals surface area (Å²) in [4.78, 5) is 27.0. The van der Waals surface area contributed by atoms with E-state index < -0.39 is 5.82 Å². The fourth-order valence-electron chi connectivity index (χ4n) is 3.35. The molecule has 1 atom stereocenters. The molecule has 1 fully saturated rings. The molecule has 0 radical (unpaired) electrons. The van der Waals surface area contributed by atoms with E-state index in [2.05, 4.69) is 5.32 Å². The van der Waals surface area contributed by atoms with Crippen molar-refractivity contribution in [2.75, 3.05) is 18.4 Å². The van der Waals surface area contributed by atoms with Crippen molar-refractivity contribution in [2.24, 2.45) is 5.92 Å². The third-order valence-corrected chi connectivity index (χ3v) is 5.36. The van der Waals surface area contributed by atoms with Gasteiger partial charge in [-0.25, -0.2) is 4.39 Å². The van der Waals surface area contributed by atoms with E-state index in [-0.39, 0.29) is 29.8 Å². The number of hydrogen-bond donors (Lipinski definition) is 1. The molecule has 1 aliphatic rings. The predicted molar refractivity (Wildman–Crippen MR) is 105 cm³/mol. The van der Waals surface area contributed by atoms with Crippen molar-refractivity contribution in [1.82, 2.24) is 4.90 Å². The van der Waals surface area contributed by atoms with Crippen molar-refractivity contribution in [3.63, 3.8) is 0 Å². The molecule has 0 aromatic heterocycles. The quantitative estimate of drug-likeness (QED) is 0.836. The van der Waals surface area contributed by atoms with Crippen LogP contribution in [0.2, 0.25) is 5.02 Å². The maximum atomic E-state index is 14.1. The fraction of sp³-hybridized carbons (Fsp3) is 0.333. The Kier molecular flexibility index (Phi) is 5.80. The number of hydrogen-bond acceptors (Lipinski definition) is 2. The van der Waals surface area contributed by atoms with Gasteiger partial charge in [-0.1, -0.05) is 29.8 Å². The van der Waals surface area contributed by atoms with Crippen LogP contribution in [0.1, 0.15) is 34.3 Å². The summed E-state index contributed by atoms with van der Waals surface area (Å²) in [5.41, 5.74) is 2.25. The van der Waals surface area contributed by atoms with Crippen LogP contribution in [-0.2, 0) is 4.79 Å². The van der Waals surface area contributed by atoms with Crippen molar-refractivity contribution in [3.05, 3.63) is 63.9 Å². The van der Waals surface area contributed by atoms with E-state index in [0.29, 0.717) is 35.7 Å². The summed E-state index contributed by atoms with van der Waals surface area (Å²) >= 11 is 6.11. The molecule has 4 nitrogen and oxygen atoms in total. The SMILES string of the molecule is Cc1ccc(NC(=O)[C@H]2CCCN(C(=O)c3c(C)cccc3F)C2)cc1Cl. The zero-order valence-corrected chi connectivity index (χ0v) is 16.1. The van der Waals surface area contributed by atoms with Gasteiger partial charge in [0.2, 0.25) is 5.91 Å². The van der Waals surface area contributed by atoms with Crippen molar-refractivity contribution < 1.29 is 14.0 Å². The summed E-state index contributed by atoms with van der Waals surface area (Å²) in [5, 5.41) is 3.45. The van der Waals surface area contributed by atoms with Gasteiger partial charge in [-0.05, 0) is 56.0 Å². The Balaban J connectivity index is 1.71. The molecule has 2 aromatic carbocycles. The first-order valence-corrected chi connectivity index (χ1v) is 9.36. The number of anilines is 1. The van der Waals surface area contributed by atoms with E-state index in [9.17, 15) is 14.0 Å². The van der Waals surface area contributed by atoms with Crippen molar-refractivity contribution in [3.8, 4) is 0 Å². The highest BCUT2D eigenvalue weighted by Gasteiger charge is 2.30. The average molecular weight is 389 g/mol. The van der Waals surface area contributed by atoms with Crippen LogP contribution in [0.25, 0.3) is 0 Å². The van der Waals surface area contributed by atoms with Gasteiger partial charge in [-0.2, -0.15) is 0 Å². The molecule has 1 N–H and O–H groups in total. The van der Waals surface area contributed by atoms with E-state index in [1.54, 1.807) is 36.1 Å². The molecule has 2 amide bonds. The van der Waals surface area contributed by atoms with Gasteiger partial charge in [0, 0.05) is 23.8 Å². The minimum absolute atomic E-state index is 0.0869. The van der Waals surface area contributed by atoms with E-state index in [0.717, 1.165) is 5.56 Å². The summed E-state index contributed by atoms with van der Waals surface area (Å²) in [6, 6.07) is 9.94. The van der Waals surface area contributed by atoms with Gasteiger partial charge in [0.25, 0.3) is 5.91 Å². The van der Waals surface area contributed by atoms with Crippen molar-refractivity contribution in [1.29, 1.82) is 0 Å². The van der Waals surface area contributed by atoms with Crippen LogP contribution < -0.4 is 5.32 Å². The first-order chi connectivity index (χ1) is 12.9. The highest BCUT2D eigenvalue weighted by atomic mass is 35.5. The van der Waals surface area contributed by atoms with Crippen molar-refractivity contribution >= 4 is 29.1 Å². The molecule has 0 unspecified atom stereocenters. The molecule has 142 valence electrons. The molecule has 1 heterocycles. The normalized spacial score (nSPS) is 16.9. The third-order valence-electron chi connectivity index (χ3n) is 4.95. The number of halogens is 2. The molecular weight excluding hydrogens is 367 g/mol. The number of rotatable bonds is 3. The van der Waals surface area contributed by atoms with Crippen LogP contribution in [-0.4, -0.2) is 29.8 Å². The summed E-state index contributed by atoms with van der Waals surface area (Å²) in [6.07, 6.45) is 1.39. The number of carbonyl (C=O) groups excluding carboxylic acids is 2. The van der Waals surface area contributed by atoms with Gasteiger partial charge in [0.1, 0.15) is 5.82 Å². The van der Waals surface area contributed by atoms with E-state index in [1.807, 2.05) is 13.0 Å². The Morgan fingerprint density at radius 2 is 1.96 bits per heavy atom. The van der Waals surface area contributed by atoms with Crippen LogP contribution in [0.3, 0.4) is 0 Å². The fourth-order valence-corrected chi connectivity index (χ4v) is 3.53. The highest BCUT2D eigenvalue weighted by molar-refractivity contribution is 6.31. The second kappa shape index (κ2) is 8.09. The molecule has 27 heavy (non-hydrogen) atoms.